The molecule has 29 heavy (non-hydrogen) atoms. The van der Waals surface area contributed by atoms with Gasteiger partial charge in [-0.3, -0.25) is 4.79 Å². The van der Waals surface area contributed by atoms with Gasteiger partial charge in [-0.1, -0.05) is 17.3 Å². The highest BCUT2D eigenvalue weighted by Crippen LogP contribution is 2.30. The van der Waals surface area contributed by atoms with Crippen molar-refractivity contribution in [2.24, 2.45) is 0 Å². The van der Waals surface area contributed by atoms with E-state index in [1.54, 1.807) is 46.3 Å². The molecule has 0 radical (unpaired) electrons. The molecule has 0 fully saturated rings. The van der Waals surface area contributed by atoms with Crippen molar-refractivity contribution in [1.82, 2.24) is 20.3 Å². The fraction of sp³-hybridized carbons (Fsp3) is 0.286. The van der Waals surface area contributed by atoms with Crippen molar-refractivity contribution in [1.29, 1.82) is 0 Å². The molecule has 1 N–H and O–H groups in total. The largest absolute Gasteiger partial charge is 0.493 e. The Kier molecular flexibility index (Phi) is 5.81. The van der Waals surface area contributed by atoms with Gasteiger partial charge in [-0.15, -0.1) is 5.10 Å². The number of halogens is 1. The Hall–Kier alpha value is -3.42. The van der Waals surface area contributed by atoms with Gasteiger partial charge in [0.25, 0.3) is 5.91 Å². The van der Waals surface area contributed by atoms with E-state index < -0.39 is 0 Å². The molecule has 2 aromatic carbocycles. The lowest BCUT2D eigenvalue weighted by atomic mass is 10.1. The monoisotopic (exact) mass is 398 g/mol. The zero-order valence-electron chi connectivity index (χ0n) is 17.0. The lowest BCUT2D eigenvalue weighted by Crippen LogP contribution is -2.27. The van der Waals surface area contributed by atoms with Crippen molar-refractivity contribution in [3.05, 3.63) is 64.7 Å². The first kappa shape index (κ1) is 20.3. The molecule has 1 unspecified atom stereocenters. The molecule has 7 nitrogen and oxygen atoms in total. The van der Waals surface area contributed by atoms with Crippen LogP contribution in [-0.2, 0) is 0 Å². The highest BCUT2D eigenvalue weighted by Gasteiger charge is 2.20. The fourth-order valence-electron chi connectivity index (χ4n) is 2.97. The third kappa shape index (κ3) is 4.06. The van der Waals surface area contributed by atoms with E-state index in [1.807, 2.05) is 19.1 Å². The molecule has 152 valence electrons. The average Bonchev–Trinajstić information content (AvgIpc) is 3.10. The summed E-state index contributed by atoms with van der Waals surface area (Å²) in [5, 5.41) is 10.9. The van der Waals surface area contributed by atoms with E-state index in [-0.39, 0.29) is 23.5 Å². The average molecular weight is 398 g/mol. The maximum Gasteiger partial charge on any atom is 0.274 e. The second kappa shape index (κ2) is 8.30. The minimum absolute atomic E-state index is 0.179. The van der Waals surface area contributed by atoms with Gasteiger partial charge in [-0.25, -0.2) is 9.07 Å². The molecule has 3 rings (SSSR count). The summed E-state index contributed by atoms with van der Waals surface area (Å²) in [6, 6.07) is 9.89. The summed E-state index contributed by atoms with van der Waals surface area (Å²) in [5.74, 6) is 0.475. The molecular weight excluding hydrogens is 375 g/mol. The number of methoxy groups -OCH3 is 2. The van der Waals surface area contributed by atoms with Gasteiger partial charge in [0.15, 0.2) is 17.2 Å². The predicted molar refractivity (Wildman–Crippen MR) is 106 cm³/mol. The van der Waals surface area contributed by atoms with Crippen LogP contribution in [0.1, 0.15) is 40.3 Å². The number of carbonyl (C=O) groups is 1. The van der Waals surface area contributed by atoms with E-state index >= 15 is 0 Å². The van der Waals surface area contributed by atoms with E-state index in [9.17, 15) is 9.18 Å². The van der Waals surface area contributed by atoms with Crippen LogP contribution in [0.4, 0.5) is 4.39 Å². The quantitative estimate of drug-likeness (QED) is 0.687. The standard InChI is InChI=1S/C21H23FN4O3/c1-12-6-8-16(11-17(12)22)26-14(3)20(24-25-26)21(27)23-13(2)15-7-9-18(28-4)19(10-15)29-5/h6-11,13H,1-5H3,(H,23,27). The van der Waals surface area contributed by atoms with Gasteiger partial charge in [0.05, 0.1) is 31.6 Å². The number of nitrogens with zero attached hydrogens (tertiary/aromatic N) is 3. The fourth-order valence-corrected chi connectivity index (χ4v) is 2.97. The minimum Gasteiger partial charge on any atom is -0.493 e. The molecular formula is C21H23FN4O3. The van der Waals surface area contributed by atoms with Crippen molar-refractivity contribution in [2.45, 2.75) is 26.8 Å². The first-order chi connectivity index (χ1) is 13.8. The third-order valence-corrected chi connectivity index (χ3v) is 4.76. The van der Waals surface area contributed by atoms with Crippen LogP contribution in [0.2, 0.25) is 0 Å². The summed E-state index contributed by atoms with van der Waals surface area (Å²) in [4.78, 5) is 12.7. The Balaban J connectivity index is 1.81. The van der Waals surface area contributed by atoms with Crippen LogP contribution in [-0.4, -0.2) is 35.1 Å². The van der Waals surface area contributed by atoms with Crippen molar-refractivity contribution in [2.75, 3.05) is 14.2 Å². The molecule has 0 bridgehead atoms. The molecule has 8 heteroatoms. The van der Waals surface area contributed by atoms with Crippen LogP contribution in [0.3, 0.4) is 0 Å². The van der Waals surface area contributed by atoms with Crippen molar-refractivity contribution in [3.63, 3.8) is 0 Å². The molecule has 0 spiro atoms. The summed E-state index contributed by atoms with van der Waals surface area (Å²) >= 11 is 0. The SMILES string of the molecule is COc1ccc(C(C)NC(=O)c2nnn(-c3ccc(C)c(F)c3)c2C)cc1OC. The number of hydrogen-bond acceptors (Lipinski definition) is 5. The number of amides is 1. The summed E-state index contributed by atoms with van der Waals surface area (Å²) in [6.07, 6.45) is 0. The Morgan fingerprint density at radius 2 is 1.83 bits per heavy atom. The lowest BCUT2D eigenvalue weighted by Gasteiger charge is -2.16. The maximum absolute atomic E-state index is 13.9. The molecule has 0 aliphatic rings. The maximum atomic E-state index is 13.9. The molecule has 1 aromatic heterocycles. The van der Waals surface area contributed by atoms with Crippen molar-refractivity contribution in [3.8, 4) is 17.2 Å². The van der Waals surface area contributed by atoms with E-state index in [0.29, 0.717) is 28.4 Å². The highest BCUT2D eigenvalue weighted by molar-refractivity contribution is 5.93. The molecule has 0 saturated heterocycles. The number of aromatic nitrogens is 3. The van der Waals surface area contributed by atoms with Crippen molar-refractivity contribution < 1.29 is 18.7 Å². The van der Waals surface area contributed by atoms with Crippen LogP contribution >= 0.6 is 0 Å². The third-order valence-electron chi connectivity index (χ3n) is 4.76. The van der Waals surface area contributed by atoms with Gasteiger partial charge in [-0.2, -0.15) is 0 Å². The van der Waals surface area contributed by atoms with Crippen LogP contribution in [0.25, 0.3) is 5.69 Å². The van der Waals surface area contributed by atoms with Gasteiger partial charge in [0, 0.05) is 0 Å². The van der Waals surface area contributed by atoms with Crippen LogP contribution in [0.15, 0.2) is 36.4 Å². The minimum atomic E-state index is -0.372. The Morgan fingerprint density at radius 1 is 1.10 bits per heavy atom. The molecule has 0 aliphatic carbocycles. The molecule has 3 aromatic rings. The molecule has 1 amide bonds. The zero-order valence-corrected chi connectivity index (χ0v) is 17.0. The zero-order chi connectivity index (χ0) is 21.1. The second-order valence-corrected chi connectivity index (χ2v) is 6.68. The smallest absolute Gasteiger partial charge is 0.274 e. The van der Waals surface area contributed by atoms with Gasteiger partial charge < -0.3 is 14.8 Å². The van der Waals surface area contributed by atoms with E-state index in [1.165, 1.54) is 10.7 Å². The Bertz CT molecular complexity index is 1050. The number of nitrogens with one attached hydrogen (secondary N) is 1. The van der Waals surface area contributed by atoms with Crippen LogP contribution in [0, 0.1) is 19.7 Å². The summed E-state index contributed by atoms with van der Waals surface area (Å²) < 4.78 is 25.9. The van der Waals surface area contributed by atoms with E-state index in [0.717, 1.165) is 5.56 Å². The molecule has 0 aliphatic heterocycles. The van der Waals surface area contributed by atoms with Gasteiger partial charge in [0.2, 0.25) is 0 Å². The Morgan fingerprint density at radius 3 is 2.48 bits per heavy atom. The first-order valence-electron chi connectivity index (χ1n) is 9.07. The normalized spacial score (nSPS) is 11.8. The second-order valence-electron chi connectivity index (χ2n) is 6.68. The van der Waals surface area contributed by atoms with Crippen LogP contribution in [0.5, 0.6) is 11.5 Å². The number of hydrogen-bond donors (Lipinski definition) is 1. The summed E-state index contributed by atoms with van der Waals surface area (Å²) in [7, 11) is 3.12. The van der Waals surface area contributed by atoms with Gasteiger partial charge >= 0.3 is 0 Å². The summed E-state index contributed by atoms with van der Waals surface area (Å²) in [5.41, 5.74) is 2.59. The molecule has 0 saturated carbocycles. The number of carbonyl (C=O) groups excluding carboxylic acids is 1. The summed E-state index contributed by atoms with van der Waals surface area (Å²) in [6.45, 7) is 5.25. The van der Waals surface area contributed by atoms with E-state index in [2.05, 4.69) is 15.6 Å². The van der Waals surface area contributed by atoms with Gasteiger partial charge in [0.1, 0.15) is 5.82 Å². The van der Waals surface area contributed by atoms with Gasteiger partial charge in [-0.05, 0) is 56.2 Å². The number of ether oxygens (including phenoxy) is 2. The number of rotatable bonds is 6. The Labute approximate surface area is 168 Å². The number of benzene rings is 2. The topological polar surface area (TPSA) is 78.3 Å². The lowest BCUT2D eigenvalue weighted by molar-refractivity contribution is 0.0934. The van der Waals surface area contributed by atoms with Crippen molar-refractivity contribution >= 4 is 5.91 Å². The van der Waals surface area contributed by atoms with Crippen LogP contribution < -0.4 is 14.8 Å². The predicted octanol–water partition coefficient (Wildman–Crippen LogP) is 3.53. The van der Waals surface area contributed by atoms with E-state index in [4.69, 9.17) is 9.47 Å². The number of aryl methyl sites for hydroxylation is 1. The highest BCUT2D eigenvalue weighted by atomic mass is 19.1. The molecule has 1 heterocycles. The first-order valence-corrected chi connectivity index (χ1v) is 9.07. The molecule has 1 atom stereocenters.